The summed E-state index contributed by atoms with van der Waals surface area (Å²) in [6.45, 7) is 1.27. The van der Waals surface area contributed by atoms with Crippen molar-refractivity contribution in [2.24, 2.45) is 0 Å². The Morgan fingerprint density at radius 3 is 2.26 bits per heavy atom. The minimum absolute atomic E-state index is 0.0141. The van der Waals surface area contributed by atoms with Gasteiger partial charge in [0.2, 0.25) is 23.9 Å². The predicted octanol–water partition coefficient (Wildman–Crippen LogP) is 0.482. The van der Waals surface area contributed by atoms with Crippen LogP contribution in [0.5, 0.6) is 0 Å². The Labute approximate surface area is 195 Å². The number of nitrogens with zero attached hydrogens (tertiary/aromatic N) is 2. The number of fused-ring (bicyclic) bond motifs is 1. The Balaban J connectivity index is 1.47. The Kier molecular flexibility index (Phi) is 6.31. The quantitative estimate of drug-likeness (QED) is 0.345. The second kappa shape index (κ2) is 9.34. The fourth-order valence-electron chi connectivity index (χ4n) is 4.30. The Hall–Kier alpha value is -4.21. The Bertz CT molecular complexity index is 1120. The van der Waals surface area contributed by atoms with Crippen LogP contribution in [0.2, 0.25) is 0 Å². The number of hydrogen-bond acceptors (Lipinski definition) is 6. The van der Waals surface area contributed by atoms with E-state index in [1.807, 2.05) is 6.07 Å². The van der Waals surface area contributed by atoms with Crippen molar-refractivity contribution < 1.29 is 33.8 Å². The largest absolute Gasteiger partial charge is 0.480 e. The van der Waals surface area contributed by atoms with Gasteiger partial charge in [0, 0.05) is 13.5 Å². The van der Waals surface area contributed by atoms with E-state index in [2.05, 4.69) is 5.32 Å². The summed E-state index contributed by atoms with van der Waals surface area (Å²) >= 11 is 0. The van der Waals surface area contributed by atoms with Gasteiger partial charge in [0.25, 0.3) is 0 Å². The van der Waals surface area contributed by atoms with Crippen LogP contribution >= 0.6 is 0 Å². The van der Waals surface area contributed by atoms with Crippen LogP contribution in [0.1, 0.15) is 24.0 Å². The lowest BCUT2D eigenvalue weighted by Crippen LogP contribution is -2.72. The number of esters is 1. The number of carbonyl (C=O) groups is 5. The van der Waals surface area contributed by atoms with Crippen molar-refractivity contribution in [3.8, 4) is 0 Å². The van der Waals surface area contributed by atoms with Crippen molar-refractivity contribution in [1.29, 1.82) is 0 Å². The predicted molar refractivity (Wildman–Crippen MR) is 117 cm³/mol. The summed E-state index contributed by atoms with van der Waals surface area (Å²) in [7, 11) is 0. The first-order valence-electron chi connectivity index (χ1n) is 10.7. The van der Waals surface area contributed by atoms with E-state index in [9.17, 15) is 29.1 Å². The van der Waals surface area contributed by atoms with Gasteiger partial charge in [0.15, 0.2) is 5.92 Å². The van der Waals surface area contributed by atoms with E-state index in [0.29, 0.717) is 0 Å². The molecule has 4 rings (SSSR count). The first-order chi connectivity index (χ1) is 16.3. The van der Waals surface area contributed by atoms with Gasteiger partial charge in [-0.25, -0.2) is 4.79 Å². The third kappa shape index (κ3) is 4.21. The molecule has 0 aromatic heterocycles. The molecule has 2 aromatic rings. The van der Waals surface area contributed by atoms with E-state index in [1.165, 1.54) is 28.9 Å². The maximum absolute atomic E-state index is 12.9. The van der Waals surface area contributed by atoms with Gasteiger partial charge in [-0.3, -0.25) is 19.2 Å². The van der Waals surface area contributed by atoms with Crippen LogP contribution in [0.15, 0.2) is 60.7 Å². The molecule has 0 aliphatic carbocycles. The fourth-order valence-corrected chi connectivity index (χ4v) is 4.30. The molecule has 2 aliphatic rings. The second-order valence-corrected chi connectivity index (χ2v) is 8.12. The molecule has 2 saturated heterocycles. The maximum atomic E-state index is 12.9. The van der Waals surface area contributed by atoms with E-state index >= 15 is 0 Å². The molecule has 10 nitrogen and oxygen atoms in total. The monoisotopic (exact) mass is 465 g/mol. The van der Waals surface area contributed by atoms with Crippen LogP contribution < -0.4 is 5.32 Å². The third-order valence-electron chi connectivity index (χ3n) is 5.98. The lowest BCUT2D eigenvalue weighted by atomic mass is 9.93. The smallest absolute Gasteiger partial charge is 0.350 e. The van der Waals surface area contributed by atoms with Crippen molar-refractivity contribution in [3.05, 3.63) is 71.8 Å². The minimum Gasteiger partial charge on any atom is -0.480 e. The number of amides is 3. The van der Waals surface area contributed by atoms with E-state index in [4.69, 9.17) is 4.74 Å². The number of hydrogen-bond donors (Lipinski definition) is 2. The molecule has 0 spiro atoms. The van der Waals surface area contributed by atoms with Crippen LogP contribution in [-0.4, -0.2) is 69.4 Å². The molecule has 4 atom stereocenters. The van der Waals surface area contributed by atoms with Crippen LogP contribution in [0.4, 0.5) is 0 Å². The summed E-state index contributed by atoms with van der Waals surface area (Å²) in [5, 5.41) is 12.1. The van der Waals surface area contributed by atoms with Crippen molar-refractivity contribution >= 4 is 29.7 Å². The summed E-state index contributed by atoms with van der Waals surface area (Å²) in [5.41, 5.74) is 1.02. The topological polar surface area (TPSA) is 133 Å². The molecule has 2 aromatic carbocycles. The zero-order valence-electron chi connectivity index (χ0n) is 18.3. The van der Waals surface area contributed by atoms with Gasteiger partial charge in [0.05, 0.1) is 6.04 Å². The normalized spacial score (nSPS) is 21.8. The molecule has 2 N–H and O–H groups in total. The van der Waals surface area contributed by atoms with Crippen molar-refractivity contribution in [2.75, 3.05) is 6.54 Å². The average Bonchev–Trinajstić information content (AvgIpc) is 3.19. The molecule has 176 valence electrons. The molecule has 0 bridgehead atoms. The van der Waals surface area contributed by atoms with Crippen molar-refractivity contribution in [3.63, 3.8) is 0 Å². The minimum atomic E-state index is -1.50. The number of rotatable bonds is 7. The molecule has 0 saturated carbocycles. The van der Waals surface area contributed by atoms with Gasteiger partial charge < -0.3 is 25.0 Å². The molecule has 2 heterocycles. The van der Waals surface area contributed by atoms with Crippen LogP contribution in [-0.2, 0) is 35.3 Å². The summed E-state index contributed by atoms with van der Waals surface area (Å²) in [6.07, 6.45) is -1.24. The fraction of sp³-hybridized carbons (Fsp3) is 0.292. The van der Waals surface area contributed by atoms with Gasteiger partial charge >= 0.3 is 11.9 Å². The molecule has 34 heavy (non-hydrogen) atoms. The molecule has 2 fully saturated rings. The van der Waals surface area contributed by atoms with Crippen molar-refractivity contribution in [1.82, 2.24) is 15.1 Å². The number of benzene rings is 2. The second-order valence-electron chi connectivity index (χ2n) is 8.12. The SMILES string of the molecule is CC(=O)N1CC2[C@H](NC(=O)C(C(=O)O)c3ccccc3)C(=O)N2C1C(=O)OCc1ccccc1. The van der Waals surface area contributed by atoms with Crippen LogP contribution in [0.3, 0.4) is 0 Å². The van der Waals surface area contributed by atoms with Crippen LogP contribution in [0, 0.1) is 0 Å². The molecular weight excluding hydrogens is 442 g/mol. The number of ether oxygens (including phenoxy) is 1. The van der Waals surface area contributed by atoms with E-state index in [1.54, 1.807) is 42.5 Å². The summed E-state index contributed by atoms with van der Waals surface area (Å²) in [4.78, 5) is 64.8. The molecule has 10 heteroatoms. The first kappa shape index (κ1) is 23.0. The first-order valence-corrected chi connectivity index (χ1v) is 10.7. The highest BCUT2D eigenvalue weighted by Gasteiger charge is 2.61. The van der Waals surface area contributed by atoms with Gasteiger partial charge in [0.1, 0.15) is 12.6 Å². The highest BCUT2D eigenvalue weighted by molar-refractivity contribution is 6.06. The Morgan fingerprint density at radius 1 is 1.06 bits per heavy atom. The standard InChI is InChI=1S/C24H23N3O7/c1-14(28)26-12-17-19(25-20(29)18(23(31)32)16-10-6-3-7-11-16)22(30)27(17)21(26)24(33)34-13-15-8-4-2-5-9-15/h2-11,17-19,21H,12-13H2,1H3,(H,25,29)(H,31,32)/t17?,18?,19-,21?/m0/s1. The summed E-state index contributed by atoms with van der Waals surface area (Å²) in [6, 6.07) is 15.2. The zero-order chi connectivity index (χ0) is 24.4. The summed E-state index contributed by atoms with van der Waals surface area (Å²) < 4.78 is 5.35. The lowest BCUT2D eigenvalue weighted by molar-refractivity contribution is -0.170. The lowest BCUT2D eigenvalue weighted by Gasteiger charge is -2.43. The van der Waals surface area contributed by atoms with Gasteiger partial charge in [-0.15, -0.1) is 0 Å². The number of carbonyl (C=O) groups excluding carboxylic acids is 4. The third-order valence-corrected chi connectivity index (χ3v) is 5.98. The number of aliphatic carboxylic acids is 1. The van der Waals surface area contributed by atoms with Crippen molar-refractivity contribution in [2.45, 2.75) is 37.7 Å². The highest BCUT2D eigenvalue weighted by atomic mass is 16.5. The van der Waals surface area contributed by atoms with Gasteiger partial charge in [-0.2, -0.15) is 0 Å². The molecule has 3 amide bonds. The Morgan fingerprint density at radius 2 is 1.68 bits per heavy atom. The average molecular weight is 465 g/mol. The van der Waals surface area contributed by atoms with Gasteiger partial charge in [-0.05, 0) is 11.1 Å². The van der Waals surface area contributed by atoms with Crippen LogP contribution in [0.25, 0.3) is 0 Å². The number of β-lactam (4-membered cyclic amide) rings is 1. The van der Waals surface area contributed by atoms with E-state index in [0.717, 1.165) is 5.56 Å². The maximum Gasteiger partial charge on any atom is 0.350 e. The number of nitrogens with one attached hydrogen (secondary N) is 1. The summed E-state index contributed by atoms with van der Waals surface area (Å²) in [5.74, 6) is -5.47. The molecule has 3 unspecified atom stereocenters. The number of carboxylic acids is 1. The number of carboxylic acid groups (broad SMARTS) is 1. The molecule has 2 aliphatic heterocycles. The molecule has 0 radical (unpaired) electrons. The van der Waals surface area contributed by atoms with E-state index in [-0.39, 0.29) is 18.7 Å². The highest BCUT2D eigenvalue weighted by Crippen LogP contribution is 2.34. The zero-order valence-corrected chi connectivity index (χ0v) is 18.3. The molecular formula is C24H23N3O7. The van der Waals surface area contributed by atoms with Gasteiger partial charge in [-0.1, -0.05) is 60.7 Å². The van der Waals surface area contributed by atoms with E-state index < -0.39 is 53.8 Å².